The first-order chi connectivity index (χ1) is 16.0. The summed E-state index contributed by atoms with van der Waals surface area (Å²) >= 11 is 0. The van der Waals surface area contributed by atoms with Crippen LogP contribution in [0.15, 0.2) is 72.3 Å². The number of hydrogen-bond acceptors (Lipinski definition) is 5. The molecule has 2 aliphatic heterocycles. The second-order valence-corrected chi connectivity index (χ2v) is 8.22. The summed E-state index contributed by atoms with van der Waals surface area (Å²) in [5.74, 6) is -0.575. The van der Waals surface area contributed by atoms with Gasteiger partial charge in [0.1, 0.15) is 19.0 Å². The van der Waals surface area contributed by atoms with Gasteiger partial charge in [0.15, 0.2) is 11.5 Å². The molecule has 0 bridgehead atoms. The zero-order valence-corrected chi connectivity index (χ0v) is 18.4. The van der Waals surface area contributed by atoms with Gasteiger partial charge in [-0.05, 0) is 55.3 Å². The van der Waals surface area contributed by atoms with Crippen LogP contribution in [-0.2, 0) is 9.59 Å². The number of Topliss-reactive ketones (excluding diaryl/α,β-unsaturated/α-hetero) is 1. The van der Waals surface area contributed by atoms with Crippen LogP contribution in [0.1, 0.15) is 28.3 Å². The van der Waals surface area contributed by atoms with Crippen molar-refractivity contribution >= 4 is 23.1 Å². The number of aliphatic hydroxyl groups excluding tert-OH is 1. The van der Waals surface area contributed by atoms with Crippen molar-refractivity contribution in [3.63, 3.8) is 0 Å². The van der Waals surface area contributed by atoms with E-state index in [1.807, 2.05) is 62.4 Å². The maximum atomic E-state index is 13.3. The summed E-state index contributed by atoms with van der Waals surface area (Å²) in [6.45, 7) is 4.73. The molecule has 1 N–H and O–H groups in total. The van der Waals surface area contributed by atoms with Crippen LogP contribution < -0.4 is 14.4 Å². The number of aryl methyl sites for hydroxylation is 2. The standard InChI is InChI=1S/C27H23NO5/c1-16-7-10-19(11-8-16)28-24(20-6-4-3-5-17(20)2)23(26(30)27(28)31)25(29)18-9-12-21-22(15-18)33-14-13-32-21/h3-12,15,24,29H,13-14H2,1-2H3/b25-23+. The molecule has 6 nitrogen and oxygen atoms in total. The Morgan fingerprint density at radius 3 is 2.33 bits per heavy atom. The quantitative estimate of drug-likeness (QED) is 0.362. The van der Waals surface area contributed by atoms with Gasteiger partial charge in [-0.25, -0.2) is 0 Å². The smallest absolute Gasteiger partial charge is 0.300 e. The Morgan fingerprint density at radius 1 is 0.909 bits per heavy atom. The van der Waals surface area contributed by atoms with E-state index in [0.717, 1.165) is 16.7 Å². The number of ketones is 1. The number of ether oxygens (including phenoxy) is 2. The summed E-state index contributed by atoms with van der Waals surface area (Å²) in [6.07, 6.45) is 0. The fourth-order valence-corrected chi connectivity index (χ4v) is 4.34. The maximum Gasteiger partial charge on any atom is 0.300 e. The summed E-state index contributed by atoms with van der Waals surface area (Å²) in [5, 5.41) is 11.3. The van der Waals surface area contributed by atoms with Gasteiger partial charge < -0.3 is 14.6 Å². The SMILES string of the molecule is Cc1ccc(N2C(=O)C(=O)/C(=C(/O)c3ccc4c(c3)OCCO4)C2c2ccccc2C)cc1. The van der Waals surface area contributed by atoms with E-state index in [0.29, 0.717) is 36.0 Å². The molecule has 5 rings (SSSR count). The third-order valence-electron chi connectivity index (χ3n) is 6.06. The Bertz CT molecular complexity index is 1290. The van der Waals surface area contributed by atoms with E-state index >= 15 is 0 Å². The molecule has 1 atom stereocenters. The topological polar surface area (TPSA) is 76.1 Å². The van der Waals surface area contributed by atoms with Gasteiger partial charge in [0.05, 0.1) is 11.6 Å². The summed E-state index contributed by atoms with van der Waals surface area (Å²) in [4.78, 5) is 28.0. The zero-order valence-electron chi connectivity index (χ0n) is 18.4. The average Bonchev–Trinajstić information content (AvgIpc) is 3.09. The molecule has 0 spiro atoms. The highest BCUT2D eigenvalue weighted by Crippen LogP contribution is 2.44. The zero-order chi connectivity index (χ0) is 23.1. The fraction of sp³-hybridized carbons (Fsp3) is 0.185. The summed E-state index contributed by atoms with van der Waals surface area (Å²) in [7, 11) is 0. The molecule has 33 heavy (non-hydrogen) atoms. The molecule has 6 heteroatoms. The molecule has 0 aliphatic carbocycles. The predicted molar refractivity (Wildman–Crippen MR) is 125 cm³/mol. The second-order valence-electron chi connectivity index (χ2n) is 8.22. The van der Waals surface area contributed by atoms with E-state index in [-0.39, 0.29) is 11.3 Å². The van der Waals surface area contributed by atoms with Gasteiger partial charge in [0.2, 0.25) is 0 Å². The second kappa shape index (κ2) is 8.13. The monoisotopic (exact) mass is 441 g/mol. The van der Waals surface area contributed by atoms with Gasteiger partial charge in [-0.15, -0.1) is 0 Å². The lowest BCUT2D eigenvalue weighted by Gasteiger charge is -2.27. The van der Waals surface area contributed by atoms with Crippen LogP contribution in [0.3, 0.4) is 0 Å². The van der Waals surface area contributed by atoms with Gasteiger partial charge in [0.25, 0.3) is 11.7 Å². The molecule has 0 radical (unpaired) electrons. The first-order valence-corrected chi connectivity index (χ1v) is 10.8. The van der Waals surface area contributed by atoms with Crippen LogP contribution in [0, 0.1) is 13.8 Å². The van der Waals surface area contributed by atoms with Crippen molar-refractivity contribution in [1.82, 2.24) is 0 Å². The Labute approximate surface area is 191 Å². The van der Waals surface area contributed by atoms with E-state index in [2.05, 4.69) is 0 Å². The van der Waals surface area contributed by atoms with E-state index < -0.39 is 17.7 Å². The van der Waals surface area contributed by atoms with Crippen molar-refractivity contribution < 1.29 is 24.2 Å². The normalized spacial score (nSPS) is 19.1. The number of hydrogen-bond donors (Lipinski definition) is 1. The van der Waals surface area contributed by atoms with Gasteiger partial charge in [0, 0.05) is 11.3 Å². The lowest BCUT2D eigenvalue weighted by Crippen LogP contribution is -2.29. The Balaban J connectivity index is 1.71. The van der Waals surface area contributed by atoms with E-state index in [4.69, 9.17) is 9.47 Å². The number of anilines is 1. The van der Waals surface area contributed by atoms with Crippen LogP contribution in [-0.4, -0.2) is 30.0 Å². The molecule has 0 saturated carbocycles. The van der Waals surface area contributed by atoms with Crippen molar-refractivity contribution in [3.05, 3.63) is 94.6 Å². The summed E-state index contributed by atoms with van der Waals surface area (Å²) in [6, 6.07) is 19.2. The first-order valence-electron chi connectivity index (χ1n) is 10.8. The van der Waals surface area contributed by atoms with E-state index in [1.165, 1.54) is 4.90 Å². The predicted octanol–water partition coefficient (Wildman–Crippen LogP) is 4.70. The highest BCUT2D eigenvalue weighted by molar-refractivity contribution is 6.51. The van der Waals surface area contributed by atoms with Gasteiger partial charge in [-0.2, -0.15) is 0 Å². The summed E-state index contributed by atoms with van der Waals surface area (Å²) in [5.41, 5.74) is 3.76. The van der Waals surface area contributed by atoms with E-state index in [9.17, 15) is 14.7 Å². The number of amides is 1. The minimum Gasteiger partial charge on any atom is -0.507 e. The minimum absolute atomic E-state index is 0.0477. The lowest BCUT2D eigenvalue weighted by atomic mass is 9.92. The molecular weight excluding hydrogens is 418 g/mol. The van der Waals surface area contributed by atoms with Crippen LogP contribution in [0.2, 0.25) is 0 Å². The summed E-state index contributed by atoms with van der Waals surface area (Å²) < 4.78 is 11.2. The minimum atomic E-state index is -0.762. The van der Waals surface area contributed by atoms with E-state index in [1.54, 1.807) is 18.2 Å². The molecule has 166 valence electrons. The highest BCUT2D eigenvalue weighted by atomic mass is 16.6. The molecule has 2 aliphatic rings. The van der Waals surface area contributed by atoms with Crippen LogP contribution in [0.5, 0.6) is 11.5 Å². The van der Waals surface area contributed by atoms with Crippen LogP contribution >= 0.6 is 0 Å². The molecule has 1 amide bonds. The third-order valence-corrected chi connectivity index (χ3v) is 6.06. The molecule has 1 unspecified atom stereocenters. The molecule has 3 aromatic carbocycles. The largest absolute Gasteiger partial charge is 0.507 e. The number of benzene rings is 3. The maximum absolute atomic E-state index is 13.3. The van der Waals surface area contributed by atoms with Crippen molar-refractivity contribution in [2.75, 3.05) is 18.1 Å². The van der Waals surface area contributed by atoms with Gasteiger partial charge >= 0.3 is 0 Å². The molecule has 2 heterocycles. The average molecular weight is 441 g/mol. The number of nitrogens with zero attached hydrogens (tertiary/aromatic N) is 1. The fourth-order valence-electron chi connectivity index (χ4n) is 4.34. The number of carbonyl (C=O) groups excluding carboxylic acids is 2. The number of rotatable bonds is 3. The number of aliphatic hydroxyl groups is 1. The Hall–Kier alpha value is -4.06. The number of fused-ring (bicyclic) bond motifs is 1. The van der Waals surface area contributed by atoms with Crippen molar-refractivity contribution in [2.24, 2.45) is 0 Å². The molecular formula is C27H23NO5. The third kappa shape index (κ3) is 3.53. The molecule has 1 saturated heterocycles. The van der Waals surface area contributed by atoms with Crippen LogP contribution in [0.4, 0.5) is 5.69 Å². The van der Waals surface area contributed by atoms with Crippen molar-refractivity contribution in [2.45, 2.75) is 19.9 Å². The molecule has 3 aromatic rings. The first kappa shape index (κ1) is 20.8. The Kier molecular flexibility index (Phi) is 5.13. The Morgan fingerprint density at radius 2 is 1.61 bits per heavy atom. The lowest BCUT2D eigenvalue weighted by molar-refractivity contribution is -0.132. The van der Waals surface area contributed by atoms with Crippen molar-refractivity contribution in [3.8, 4) is 11.5 Å². The highest BCUT2D eigenvalue weighted by Gasteiger charge is 2.47. The van der Waals surface area contributed by atoms with Crippen LogP contribution in [0.25, 0.3) is 5.76 Å². The van der Waals surface area contributed by atoms with Gasteiger partial charge in [-0.3, -0.25) is 14.5 Å². The number of carbonyl (C=O) groups is 2. The molecule has 1 fully saturated rings. The van der Waals surface area contributed by atoms with Gasteiger partial charge in [-0.1, -0.05) is 42.0 Å². The van der Waals surface area contributed by atoms with Crippen molar-refractivity contribution in [1.29, 1.82) is 0 Å². The molecule has 0 aromatic heterocycles.